The second-order valence-corrected chi connectivity index (χ2v) is 5.48. The van der Waals surface area contributed by atoms with E-state index in [-0.39, 0.29) is 12.1 Å². The van der Waals surface area contributed by atoms with Gasteiger partial charge in [-0.05, 0) is 37.1 Å². The van der Waals surface area contributed by atoms with Crippen LogP contribution in [0.1, 0.15) is 38.2 Å². The molecule has 106 valence electrons. The Kier molecular flexibility index (Phi) is 5.23. The lowest BCUT2D eigenvalue weighted by atomic mass is 9.91. The Morgan fingerprint density at radius 1 is 1.21 bits per heavy atom. The number of rotatable bonds is 5. The number of aliphatic hydroxyl groups is 1. The molecule has 1 fully saturated rings. The molecule has 0 heterocycles. The molecule has 0 saturated heterocycles. The zero-order valence-electron chi connectivity index (χ0n) is 12.1. The molecule has 2 atom stereocenters. The van der Waals surface area contributed by atoms with Crippen LogP contribution in [-0.4, -0.2) is 30.8 Å². The van der Waals surface area contributed by atoms with Crippen LogP contribution in [0.5, 0.6) is 0 Å². The van der Waals surface area contributed by atoms with E-state index < -0.39 is 0 Å². The van der Waals surface area contributed by atoms with Gasteiger partial charge in [-0.25, -0.2) is 0 Å². The molecule has 0 radical (unpaired) electrons. The third-order valence-electron chi connectivity index (χ3n) is 4.11. The number of nitrogens with zero attached hydrogens (tertiary/aromatic N) is 1. The van der Waals surface area contributed by atoms with Gasteiger partial charge in [-0.15, -0.1) is 0 Å². The molecule has 2 N–H and O–H groups in total. The molecule has 0 aromatic heterocycles. The van der Waals surface area contributed by atoms with E-state index in [9.17, 15) is 5.11 Å². The highest BCUT2D eigenvalue weighted by Crippen LogP contribution is 2.26. The lowest BCUT2D eigenvalue weighted by Crippen LogP contribution is -2.43. The fourth-order valence-corrected chi connectivity index (χ4v) is 2.85. The number of hydrogen-bond donors (Lipinski definition) is 2. The Hall–Kier alpha value is -1.06. The van der Waals surface area contributed by atoms with E-state index in [4.69, 9.17) is 0 Å². The maximum absolute atomic E-state index is 10.1. The van der Waals surface area contributed by atoms with Crippen molar-refractivity contribution in [3.8, 4) is 0 Å². The Morgan fingerprint density at radius 2 is 1.89 bits per heavy atom. The standard InChI is InChI=1S/C16H26N2O/c1-3-17-12-13-8-10-14(11-9-13)18(2)15-6-4-5-7-16(15)19/h8-11,15-17,19H,3-7,12H2,1-2H3. The normalized spacial score (nSPS) is 23.3. The van der Waals surface area contributed by atoms with Gasteiger partial charge < -0.3 is 15.3 Å². The third kappa shape index (κ3) is 3.71. The fraction of sp³-hybridized carbons (Fsp3) is 0.625. The fourth-order valence-electron chi connectivity index (χ4n) is 2.85. The van der Waals surface area contributed by atoms with Crippen LogP contribution in [0.3, 0.4) is 0 Å². The van der Waals surface area contributed by atoms with Gasteiger partial charge in [0.25, 0.3) is 0 Å². The first-order chi connectivity index (χ1) is 9.22. The van der Waals surface area contributed by atoms with Crippen molar-refractivity contribution >= 4 is 5.69 Å². The predicted octanol–water partition coefficient (Wildman–Crippen LogP) is 2.54. The van der Waals surface area contributed by atoms with Crippen molar-refractivity contribution in [1.29, 1.82) is 0 Å². The van der Waals surface area contributed by atoms with Crippen molar-refractivity contribution in [2.45, 2.75) is 51.3 Å². The Labute approximate surface area is 116 Å². The van der Waals surface area contributed by atoms with Gasteiger partial charge in [0.15, 0.2) is 0 Å². The Bertz CT molecular complexity index is 377. The van der Waals surface area contributed by atoms with E-state index >= 15 is 0 Å². The molecule has 2 unspecified atom stereocenters. The molecular weight excluding hydrogens is 236 g/mol. The summed E-state index contributed by atoms with van der Waals surface area (Å²) in [5.41, 5.74) is 2.51. The van der Waals surface area contributed by atoms with Crippen molar-refractivity contribution in [2.75, 3.05) is 18.5 Å². The van der Waals surface area contributed by atoms with Gasteiger partial charge in [0.05, 0.1) is 12.1 Å². The summed E-state index contributed by atoms with van der Waals surface area (Å²) in [5.74, 6) is 0. The zero-order valence-corrected chi connectivity index (χ0v) is 12.1. The van der Waals surface area contributed by atoms with Crippen LogP contribution in [0.25, 0.3) is 0 Å². The van der Waals surface area contributed by atoms with Crippen LogP contribution in [0, 0.1) is 0 Å². The highest BCUT2D eigenvalue weighted by Gasteiger charge is 2.26. The van der Waals surface area contributed by atoms with Crippen LogP contribution in [-0.2, 0) is 6.54 Å². The van der Waals surface area contributed by atoms with Crippen molar-refractivity contribution in [1.82, 2.24) is 5.32 Å². The minimum absolute atomic E-state index is 0.180. The molecule has 1 aromatic carbocycles. The first kappa shape index (κ1) is 14.4. The largest absolute Gasteiger partial charge is 0.391 e. The molecule has 2 rings (SSSR count). The Balaban J connectivity index is 2.00. The van der Waals surface area contributed by atoms with Crippen molar-refractivity contribution in [2.24, 2.45) is 0 Å². The quantitative estimate of drug-likeness (QED) is 0.856. The number of benzene rings is 1. The first-order valence-electron chi connectivity index (χ1n) is 7.43. The summed E-state index contributed by atoms with van der Waals surface area (Å²) in [6.07, 6.45) is 4.24. The molecule has 1 aliphatic rings. The van der Waals surface area contributed by atoms with Gasteiger partial charge in [-0.1, -0.05) is 31.9 Å². The molecule has 19 heavy (non-hydrogen) atoms. The lowest BCUT2D eigenvalue weighted by Gasteiger charge is -2.36. The molecular formula is C16H26N2O. The lowest BCUT2D eigenvalue weighted by molar-refractivity contribution is 0.106. The molecule has 0 amide bonds. The summed E-state index contributed by atoms with van der Waals surface area (Å²) in [6.45, 7) is 4.04. The molecule has 0 spiro atoms. The predicted molar refractivity (Wildman–Crippen MR) is 80.5 cm³/mol. The Morgan fingerprint density at radius 3 is 2.53 bits per heavy atom. The van der Waals surface area contributed by atoms with Crippen LogP contribution in [0.2, 0.25) is 0 Å². The molecule has 1 saturated carbocycles. The molecule has 0 bridgehead atoms. The zero-order chi connectivity index (χ0) is 13.7. The summed E-state index contributed by atoms with van der Waals surface area (Å²) in [4.78, 5) is 2.24. The van der Waals surface area contributed by atoms with Crippen LogP contribution < -0.4 is 10.2 Å². The molecule has 3 heteroatoms. The summed E-state index contributed by atoms with van der Waals surface area (Å²) in [5, 5.41) is 13.4. The second kappa shape index (κ2) is 6.92. The average molecular weight is 262 g/mol. The minimum atomic E-state index is -0.180. The SMILES string of the molecule is CCNCc1ccc(N(C)C2CCCCC2O)cc1. The van der Waals surface area contributed by atoms with Gasteiger partial charge in [-0.2, -0.15) is 0 Å². The van der Waals surface area contributed by atoms with Crippen molar-refractivity contribution < 1.29 is 5.11 Å². The molecule has 3 nitrogen and oxygen atoms in total. The van der Waals surface area contributed by atoms with E-state index in [2.05, 4.69) is 48.5 Å². The number of hydrogen-bond acceptors (Lipinski definition) is 3. The topological polar surface area (TPSA) is 35.5 Å². The van der Waals surface area contributed by atoms with Gasteiger partial charge >= 0.3 is 0 Å². The minimum Gasteiger partial charge on any atom is -0.391 e. The van der Waals surface area contributed by atoms with Crippen LogP contribution >= 0.6 is 0 Å². The van der Waals surface area contributed by atoms with E-state index in [1.165, 1.54) is 17.7 Å². The summed E-state index contributed by atoms with van der Waals surface area (Å²) < 4.78 is 0. The average Bonchev–Trinajstić information content (AvgIpc) is 2.45. The highest BCUT2D eigenvalue weighted by atomic mass is 16.3. The second-order valence-electron chi connectivity index (χ2n) is 5.48. The molecule has 0 aliphatic heterocycles. The number of nitrogens with one attached hydrogen (secondary N) is 1. The number of aliphatic hydroxyl groups excluding tert-OH is 1. The van der Waals surface area contributed by atoms with E-state index in [0.717, 1.165) is 32.4 Å². The van der Waals surface area contributed by atoms with Gasteiger partial charge in [0, 0.05) is 19.3 Å². The van der Waals surface area contributed by atoms with Gasteiger partial charge in [-0.3, -0.25) is 0 Å². The monoisotopic (exact) mass is 262 g/mol. The van der Waals surface area contributed by atoms with Crippen LogP contribution in [0.15, 0.2) is 24.3 Å². The molecule has 1 aromatic rings. The maximum atomic E-state index is 10.1. The summed E-state index contributed by atoms with van der Waals surface area (Å²) in [7, 11) is 2.10. The van der Waals surface area contributed by atoms with Crippen molar-refractivity contribution in [3.63, 3.8) is 0 Å². The smallest absolute Gasteiger partial charge is 0.0743 e. The number of likely N-dealkylation sites (N-methyl/N-ethyl adjacent to an activating group) is 1. The summed E-state index contributed by atoms with van der Waals surface area (Å²) in [6, 6.07) is 8.93. The van der Waals surface area contributed by atoms with Crippen LogP contribution in [0.4, 0.5) is 5.69 Å². The highest BCUT2D eigenvalue weighted by molar-refractivity contribution is 5.48. The summed E-state index contributed by atoms with van der Waals surface area (Å²) >= 11 is 0. The van der Waals surface area contributed by atoms with Gasteiger partial charge in [0.1, 0.15) is 0 Å². The van der Waals surface area contributed by atoms with E-state index in [1.54, 1.807) is 0 Å². The van der Waals surface area contributed by atoms with Gasteiger partial charge in [0.2, 0.25) is 0 Å². The molecule has 1 aliphatic carbocycles. The van der Waals surface area contributed by atoms with E-state index in [1.807, 2.05) is 0 Å². The van der Waals surface area contributed by atoms with Crippen molar-refractivity contribution in [3.05, 3.63) is 29.8 Å². The first-order valence-corrected chi connectivity index (χ1v) is 7.43. The van der Waals surface area contributed by atoms with E-state index in [0.29, 0.717) is 0 Å². The maximum Gasteiger partial charge on any atom is 0.0743 e. The number of anilines is 1. The third-order valence-corrected chi connectivity index (χ3v) is 4.11.